The number of nitrogens with zero attached hydrogens (tertiary/aromatic N) is 3. The number of rotatable bonds is 6. The molecule has 1 aromatic heterocycles. The fourth-order valence-electron chi connectivity index (χ4n) is 3.31. The summed E-state index contributed by atoms with van der Waals surface area (Å²) in [5.41, 5.74) is 2.17. The van der Waals surface area contributed by atoms with Crippen molar-refractivity contribution in [2.75, 3.05) is 11.4 Å². The van der Waals surface area contributed by atoms with Crippen LogP contribution >= 0.6 is 11.8 Å². The zero-order valence-electron chi connectivity index (χ0n) is 16.1. The van der Waals surface area contributed by atoms with Gasteiger partial charge in [-0.3, -0.25) is 0 Å². The molecule has 2 heterocycles. The molecule has 0 radical (unpaired) electrons. The fraction of sp³-hybridized carbons (Fsp3) is 0.476. The molecule has 1 fully saturated rings. The Morgan fingerprint density at radius 3 is 2.81 bits per heavy atom. The Morgan fingerprint density at radius 2 is 2.11 bits per heavy atom. The van der Waals surface area contributed by atoms with E-state index < -0.39 is 5.97 Å². The first-order valence-electron chi connectivity index (χ1n) is 9.52. The number of piperidine rings is 1. The van der Waals surface area contributed by atoms with E-state index in [4.69, 9.17) is 9.97 Å². The van der Waals surface area contributed by atoms with Gasteiger partial charge < -0.3 is 14.8 Å². The predicted molar refractivity (Wildman–Crippen MR) is 107 cm³/mol. The van der Waals surface area contributed by atoms with Crippen LogP contribution < -0.4 is 10.0 Å². The Labute approximate surface area is 165 Å². The summed E-state index contributed by atoms with van der Waals surface area (Å²) < 4.78 is 0. The van der Waals surface area contributed by atoms with Crippen molar-refractivity contribution in [3.63, 3.8) is 0 Å². The standard InChI is InChI=1S/C21H27N3O2S/c1-14(2)18-12-19(24-10-5-4-7-15(24)3)23-21(22-18)27-13-16-8-6-9-17(11-16)20(25)26/h6,8-9,11-12,14-15H,4-5,7,10,13H2,1-3H3,(H,25,26)/p-1/t15-/m0/s1. The maximum absolute atomic E-state index is 11.0. The Bertz CT molecular complexity index is 810. The molecule has 0 aliphatic carbocycles. The summed E-state index contributed by atoms with van der Waals surface area (Å²) in [4.78, 5) is 23.0. The lowest BCUT2D eigenvalue weighted by Gasteiger charge is -2.34. The number of carbonyl (C=O) groups excluding carboxylic acids is 1. The maximum atomic E-state index is 11.0. The summed E-state index contributed by atoms with van der Waals surface area (Å²) >= 11 is 1.54. The van der Waals surface area contributed by atoms with Gasteiger partial charge in [-0.05, 0) is 49.3 Å². The van der Waals surface area contributed by atoms with Crippen molar-refractivity contribution in [2.45, 2.75) is 62.9 Å². The molecule has 0 spiro atoms. The van der Waals surface area contributed by atoms with Crippen molar-refractivity contribution < 1.29 is 9.90 Å². The first-order valence-corrected chi connectivity index (χ1v) is 10.5. The number of aromatic nitrogens is 2. The molecule has 1 aromatic carbocycles. The van der Waals surface area contributed by atoms with E-state index in [-0.39, 0.29) is 5.56 Å². The fourth-order valence-corrected chi connectivity index (χ4v) is 4.12. The number of thioether (sulfide) groups is 1. The van der Waals surface area contributed by atoms with Crippen LogP contribution in [0.15, 0.2) is 35.5 Å². The highest BCUT2D eigenvalue weighted by atomic mass is 32.2. The molecule has 0 unspecified atom stereocenters. The van der Waals surface area contributed by atoms with Crippen LogP contribution in [0, 0.1) is 0 Å². The molecule has 0 saturated carbocycles. The summed E-state index contributed by atoms with van der Waals surface area (Å²) in [5, 5.41) is 11.8. The van der Waals surface area contributed by atoms with Crippen LogP contribution in [0.2, 0.25) is 0 Å². The molecule has 27 heavy (non-hydrogen) atoms. The van der Waals surface area contributed by atoms with Crippen LogP contribution in [0.4, 0.5) is 5.82 Å². The van der Waals surface area contributed by atoms with E-state index in [0.717, 1.165) is 28.8 Å². The first-order chi connectivity index (χ1) is 12.9. The van der Waals surface area contributed by atoms with Crippen LogP contribution in [-0.2, 0) is 5.75 Å². The summed E-state index contributed by atoms with van der Waals surface area (Å²) in [6, 6.07) is 9.48. The largest absolute Gasteiger partial charge is 0.545 e. The zero-order valence-corrected chi connectivity index (χ0v) is 17.0. The van der Waals surface area contributed by atoms with Crippen molar-refractivity contribution in [3.8, 4) is 0 Å². The van der Waals surface area contributed by atoms with Crippen molar-refractivity contribution in [2.24, 2.45) is 0 Å². The molecule has 0 amide bonds. The number of anilines is 1. The van der Waals surface area contributed by atoms with E-state index in [0.29, 0.717) is 17.7 Å². The minimum atomic E-state index is -1.15. The second-order valence-corrected chi connectivity index (χ2v) is 8.35. The molecule has 6 heteroatoms. The van der Waals surface area contributed by atoms with Gasteiger partial charge in [-0.25, -0.2) is 9.97 Å². The normalized spacial score (nSPS) is 17.3. The smallest absolute Gasteiger partial charge is 0.190 e. The summed E-state index contributed by atoms with van der Waals surface area (Å²) in [6.45, 7) is 7.58. The van der Waals surface area contributed by atoms with Gasteiger partial charge in [-0.1, -0.05) is 43.8 Å². The molecule has 2 aromatic rings. The predicted octanol–water partition coefficient (Wildman–Crippen LogP) is 3.63. The summed E-state index contributed by atoms with van der Waals surface area (Å²) in [5.74, 6) is 0.804. The lowest BCUT2D eigenvalue weighted by atomic mass is 10.0. The van der Waals surface area contributed by atoms with E-state index in [2.05, 4.69) is 31.7 Å². The SMILES string of the molecule is CC(C)c1cc(N2CCCC[C@@H]2C)nc(SCc2cccc(C(=O)[O-])c2)n1. The minimum Gasteiger partial charge on any atom is -0.545 e. The van der Waals surface area contributed by atoms with Gasteiger partial charge in [0.05, 0.1) is 5.97 Å². The molecule has 0 bridgehead atoms. The monoisotopic (exact) mass is 384 g/mol. The van der Waals surface area contributed by atoms with Gasteiger partial charge in [0.25, 0.3) is 0 Å². The maximum Gasteiger partial charge on any atom is 0.190 e. The van der Waals surface area contributed by atoms with Crippen LogP contribution in [-0.4, -0.2) is 28.5 Å². The van der Waals surface area contributed by atoms with E-state index >= 15 is 0 Å². The van der Waals surface area contributed by atoms with Crippen LogP contribution in [0.25, 0.3) is 0 Å². The van der Waals surface area contributed by atoms with Crippen LogP contribution in [0.1, 0.15) is 67.6 Å². The second kappa shape index (κ2) is 8.74. The molecule has 1 aliphatic rings. The van der Waals surface area contributed by atoms with E-state index in [9.17, 15) is 9.90 Å². The van der Waals surface area contributed by atoms with Crippen molar-refractivity contribution in [3.05, 3.63) is 47.2 Å². The summed E-state index contributed by atoms with van der Waals surface area (Å²) in [7, 11) is 0. The van der Waals surface area contributed by atoms with Crippen molar-refractivity contribution in [1.82, 2.24) is 9.97 Å². The molecule has 5 nitrogen and oxygen atoms in total. The quantitative estimate of drug-likeness (QED) is 0.559. The Hall–Kier alpha value is -2.08. The number of hydrogen-bond acceptors (Lipinski definition) is 6. The lowest BCUT2D eigenvalue weighted by Crippen LogP contribution is -2.38. The topological polar surface area (TPSA) is 69.2 Å². The van der Waals surface area contributed by atoms with Crippen LogP contribution in [0.5, 0.6) is 0 Å². The molecule has 144 valence electrons. The van der Waals surface area contributed by atoms with E-state index in [1.807, 2.05) is 6.07 Å². The van der Waals surface area contributed by atoms with Gasteiger partial charge in [-0.15, -0.1) is 0 Å². The molecular weight excluding hydrogens is 358 g/mol. The highest BCUT2D eigenvalue weighted by molar-refractivity contribution is 7.98. The Morgan fingerprint density at radius 1 is 1.30 bits per heavy atom. The third-order valence-electron chi connectivity index (χ3n) is 4.93. The van der Waals surface area contributed by atoms with Crippen LogP contribution in [0.3, 0.4) is 0 Å². The molecular formula is C21H26N3O2S-. The van der Waals surface area contributed by atoms with Crippen molar-refractivity contribution >= 4 is 23.5 Å². The number of aromatic carboxylic acids is 1. The zero-order chi connectivity index (χ0) is 19.4. The second-order valence-electron chi connectivity index (χ2n) is 7.40. The minimum absolute atomic E-state index is 0.202. The van der Waals surface area contributed by atoms with Gasteiger partial charge in [0.15, 0.2) is 5.16 Å². The first kappa shape index (κ1) is 19.7. The Kier molecular flexibility index (Phi) is 6.37. The number of carboxylic acids is 1. The average molecular weight is 385 g/mol. The highest BCUT2D eigenvalue weighted by Gasteiger charge is 2.21. The van der Waals surface area contributed by atoms with Gasteiger partial charge in [0.2, 0.25) is 0 Å². The molecule has 1 aliphatic heterocycles. The molecule has 1 saturated heterocycles. The van der Waals surface area contributed by atoms with Gasteiger partial charge in [-0.2, -0.15) is 0 Å². The number of carboxylic acid groups (broad SMARTS) is 1. The average Bonchev–Trinajstić information content (AvgIpc) is 2.66. The van der Waals surface area contributed by atoms with Gasteiger partial charge >= 0.3 is 0 Å². The summed E-state index contributed by atoms with van der Waals surface area (Å²) in [6.07, 6.45) is 3.67. The number of hydrogen-bond donors (Lipinski definition) is 0. The molecule has 1 atom stereocenters. The number of benzene rings is 1. The molecule has 3 rings (SSSR count). The third kappa shape index (κ3) is 5.01. The Balaban J connectivity index is 1.82. The van der Waals surface area contributed by atoms with Gasteiger partial charge in [0.1, 0.15) is 5.82 Å². The van der Waals surface area contributed by atoms with E-state index in [1.54, 1.807) is 30.0 Å². The lowest BCUT2D eigenvalue weighted by molar-refractivity contribution is -0.255. The van der Waals surface area contributed by atoms with Gasteiger partial charge in [0, 0.05) is 30.1 Å². The highest BCUT2D eigenvalue weighted by Crippen LogP contribution is 2.29. The molecule has 0 N–H and O–H groups in total. The number of carbonyl (C=O) groups is 1. The third-order valence-corrected chi connectivity index (χ3v) is 5.85. The van der Waals surface area contributed by atoms with E-state index in [1.165, 1.54) is 19.3 Å². The van der Waals surface area contributed by atoms with Crippen molar-refractivity contribution in [1.29, 1.82) is 0 Å².